The SMILES string of the molecule is Cn1c(-c2ccc(C#Cc3ccc4c(c3)C(C)(C)CCS4)cc2)nc2ccccc21. The second kappa shape index (κ2) is 7.38. The number of hydrogen-bond acceptors (Lipinski definition) is 2. The molecule has 0 saturated carbocycles. The Labute approximate surface area is 182 Å². The van der Waals surface area contributed by atoms with Gasteiger partial charge in [0.05, 0.1) is 11.0 Å². The van der Waals surface area contributed by atoms with Gasteiger partial charge >= 0.3 is 0 Å². The normalized spacial score (nSPS) is 14.8. The van der Waals surface area contributed by atoms with Crippen molar-refractivity contribution in [3.05, 3.63) is 83.4 Å². The largest absolute Gasteiger partial charge is 0.327 e. The van der Waals surface area contributed by atoms with Crippen LogP contribution in [-0.4, -0.2) is 15.3 Å². The molecule has 0 amide bonds. The zero-order valence-electron chi connectivity index (χ0n) is 17.6. The molecule has 148 valence electrons. The molecule has 0 N–H and O–H groups in total. The van der Waals surface area contributed by atoms with Crippen LogP contribution >= 0.6 is 11.8 Å². The van der Waals surface area contributed by atoms with E-state index < -0.39 is 0 Å². The van der Waals surface area contributed by atoms with Crippen LogP contribution in [0.15, 0.2) is 71.6 Å². The lowest BCUT2D eigenvalue weighted by Crippen LogP contribution is -2.22. The summed E-state index contributed by atoms with van der Waals surface area (Å²) in [5.74, 6) is 8.87. The summed E-state index contributed by atoms with van der Waals surface area (Å²) in [6.45, 7) is 4.67. The maximum absolute atomic E-state index is 4.79. The van der Waals surface area contributed by atoms with Crippen LogP contribution in [0.5, 0.6) is 0 Å². The van der Waals surface area contributed by atoms with E-state index in [2.05, 4.69) is 91.9 Å². The molecule has 4 aromatic rings. The molecule has 0 bridgehead atoms. The summed E-state index contributed by atoms with van der Waals surface area (Å²) < 4.78 is 2.14. The van der Waals surface area contributed by atoms with Gasteiger partial charge < -0.3 is 4.57 Å². The van der Waals surface area contributed by atoms with Crippen molar-refractivity contribution in [3.63, 3.8) is 0 Å². The highest BCUT2D eigenvalue weighted by molar-refractivity contribution is 7.99. The first-order valence-electron chi connectivity index (χ1n) is 10.3. The first-order chi connectivity index (χ1) is 14.5. The molecule has 30 heavy (non-hydrogen) atoms. The number of hydrogen-bond donors (Lipinski definition) is 0. The Morgan fingerprint density at radius 2 is 1.67 bits per heavy atom. The molecule has 1 aliphatic heterocycles. The summed E-state index contributed by atoms with van der Waals surface area (Å²) in [5.41, 5.74) is 7.03. The smallest absolute Gasteiger partial charge is 0.140 e. The van der Waals surface area contributed by atoms with Crippen molar-refractivity contribution in [2.45, 2.75) is 30.6 Å². The van der Waals surface area contributed by atoms with Crippen LogP contribution in [0.25, 0.3) is 22.4 Å². The van der Waals surface area contributed by atoms with Crippen molar-refractivity contribution in [2.75, 3.05) is 5.75 Å². The van der Waals surface area contributed by atoms with Crippen LogP contribution in [0.2, 0.25) is 0 Å². The van der Waals surface area contributed by atoms with E-state index in [4.69, 9.17) is 4.98 Å². The van der Waals surface area contributed by atoms with Crippen molar-refractivity contribution >= 4 is 22.8 Å². The monoisotopic (exact) mass is 408 g/mol. The van der Waals surface area contributed by atoms with Gasteiger partial charge in [-0.3, -0.25) is 0 Å². The molecule has 1 aliphatic rings. The van der Waals surface area contributed by atoms with Gasteiger partial charge in [-0.15, -0.1) is 11.8 Å². The van der Waals surface area contributed by atoms with E-state index in [1.807, 2.05) is 23.9 Å². The Bertz CT molecular complexity index is 1300. The van der Waals surface area contributed by atoms with E-state index in [1.165, 1.54) is 22.6 Å². The van der Waals surface area contributed by atoms with Gasteiger partial charge in [0.25, 0.3) is 0 Å². The maximum atomic E-state index is 4.79. The molecule has 1 aromatic heterocycles. The van der Waals surface area contributed by atoms with Gasteiger partial charge in [-0.1, -0.05) is 50.0 Å². The first kappa shape index (κ1) is 19.0. The number of para-hydroxylation sites is 2. The van der Waals surface area contributed by atoms with E-state index in [0.717, 1.165) is 33.5 Å². The number of fused-ring (bicyclic) bond motifs is 2. The summed E-state index contributed by atoms with van der Waals surface area (Å²) >= 11 is 1.96. The number of aromatic nitrogens is 2. The molecule has 0 aliphatic carbocycles. The molecule has 2 nitrogen and oxygen atoms in total. The molecule has 3 heteroatoms. The average molecular weight is 409 g/mol. The van der Waals surface area contributed by atoms with Crippen LogP contribution in [0.1, 0.15) is 37.0 Å². The summed E-state index contributed by atoms with van der Waals surface area (Å²) in [5, 5.41) is 0. The second-order valence-electron chi connectivity index (χ2n) is 8.50. The lowest BCUT2D eigenvalue weighted by Gasteiger charge is -2.32. The molecule has 0 spiro atoms. The number of benzene rings is 3. The fraction of sp³-hybridized carbons (Fsp3) is 0.222. The number of imidazole rings is 1. The highest BCUT2D eigenvalue weighted by Crippen LogP contribution is 2.41. The minimum Gasteiger partial charge on any atom is -0.327 e. The highest BCUT2D eigenvalue weighted by Gasteiger charge is 2.27. The van der Waals surface area contributed by atoms with Gasteiger partial charge in [0.1, 0.15) is 5.82 Å². The number of aryl methyl sites for hydroxylation is 1. The van der Waals surface area contributed by atoms with Gasteiger partial charge in [-0.2, -0.15) is 0 Å². The lowest BCUT2D eigenvalue weighted by molar-refractivity contribution is 0.494. The van der Waals surface area contributed by atoms with E-state index >= 15 is 0 Å². The third-order valence-corrected chi connectivity index (χ3v) is 7.05. The van der Waals surface area contributed by atoms with Crippen molar-refractivity contribution in [1.29, 1.82) is 0 Å². The lowest BCUT2D eigenvalue weighted by atomic mass is 9.81. The van der Waals surface area contributed by atoms with Crippen LogP contribution < -0.4 is 0 Å². The van der Waals surface area contributed by atoms with Crippen LogP contribution in [-0.2, 0) is 12.5 Å². The molecule has 0 unspecified atom stereocenters. The number of thioether (sulfide) groups is 1. The fourth-order valence-corrected chi connectivity index (χ4v) is 5.55. The predicted molar refractivity (Wildman–Crippen MR) is 127 cm³/mol. The highest BCUT2D eigenvalue weighted by atomic mass is 32.2. The zero-order chi connectivity index (χ0) is 20.7. The van der Waals surface area contributed by atoms with E-state index in [-0.39, 0.29) is 5.41 Å². The predicted octanol–water partition coefficient (Wildman–Crippen LogP) is 6.41. The van der Waals surface area contributed by atoms with Crippen molar-refractivity contribution < 1.29 is 0 Å². The summed E-state index contributed by atoms with van der Waals surface area (Å²) in [6, 6.07) is 23.3. The summed E-state index contributed by atoms with van der Waals surface area (Å²) in [4.78, 5) is 6.19. The third kappa shape index (κ3) is 3.42. The summed E-state index contributed by atoms with van der Waals surface area (Å²) in [6.07, 6.45) is 1.21. The molecule has 0 radical (unpaired) electrons. The van der Waals surface area contributed by atoms with Crippen LogP contribution in [0, 0.1) is 11.8 Å². The first-order valence-corrected chi connectivity index (χ1v) is 11.3. The minimum absolute atomic E-state index is 0.228. The molecule has 3 aromatic carbocycles. The quantitative estimate of drug-likeness (QED) is 0.339. The molecule has 0 saturated heterocycles. The van der Waals surface area contributed by atoms with E-state index in [1.54, 1.807) is 0 Å². The Morgan fingerprint density at radius 1 is 0.933 bits per heavy atom. The van der Waals surface area contributed by atoms with Gasteiger partial charge in [-0.05, 0) is 65.6 Å². The average Bonchev–Trinajstić information content (AvgIpc) is 3.09. The topological polar surface area (TPSA) is 17.8 Å². The molecule has 5 rings (SSSR count). The number of rotatable bonds is 1. The van der Waals surface area contributed by atoms with Crippen LogP contribution in [0.4, 0.5) is 0 Å². The van der Waals surface area contributed by atoms with Gasteiger partial charge in [0, 0.05) is 28.6 Å². The third-order valence-electron chi connectivity index (χ3n) is 5.97. The molecule has 2 heterocycles. The van der Waals surface area contributed by atoms with Gasteiger partial charge in [-0.25, -0.2) is 4.98 Å². The zero-order valence-corrected chi connectivity index (χ0v) is 18.4. The molecular weight excluding hydrogens is 384 g/mol. The van der Waals surface area contributed by atoms with Crippen LogP contribution in [0.3, 0.4) is 0 Å². The molecular formula is C27H24N2S. The van der Waals surface area contributed by atoms with Gasteiger partial charge in [0.15, 0.2) is 0 Å². The Morgan fingerprint density at radius 3 is 2.47 bits per heavy atom. The Balaban J connectivity index is 1.43. The number of nitrogens with zero attached hydrogens (tertiary/aromatic N) is 2. The van der Waals surface area contributed by atoms with Crippen molar-refractivity contribution in [3.8, 4) is 23.2 Å². The Kier molecular flexibility index (Phi) is 4.68. The van der Waals surface area contributed by atoms with Crippen molar-refractivity contribution in [2.24, 2.45) is 7.05 Å². The summed E-state index contributed by atoms with van der Waals surface area (Å²) in [7, 11) is 2.06. The maximum Gasteiger partial charge on any atom is 0.140 e. The second-order valence-corrected chi connectivity index (χ2v) is 9.64. The standard InChI is InChI=1S/C27H24N2S/c1-27(2)16-17-30-25-15-12-20(18-22(25)27)9-8-19-10-13-21(14-11-19)26-28-23-6-4-5-7-24(23)29(26)3/h4-7,10-15,18H,16-17H2,1-3H3. The molecule has 0 atom stereocenters. The Hall–Kier alpha value is -2.96. The van der Waals surface area contributed by atoms with E-state index in [9.17, 15) is 0 Å². The van der Waals surface area contributed by atoms with Gasteiger partial charge in [0.2, 0.25) is 0 Å². The van der Waals surface area contributed by atoms with Crippen molar-refractivity contribution in [1.82, 2.24) is 9.55 Å². The fourth-order valence-electron chi connectivity index (χ4n) is 4.06. The molecule has 0 fully saturated rings. The minimum atomic E-state index is 0.228. The van der Waals surface area contributed by atoms with E-state index in [0.29, 0.717) is 0 Å².